The number of rotatable bonds is 6. The monoisotopic (exact) mass is 474 g/mol. The molecule has 0 bridgehead atoms. The molecule has 0 amide bonds. The van der Waals surface area contributed by atoms with Crippen LogP contribution in [0.5, 0.6) is 5.75 Å². The molecule has 1 heterocycles. The van der Waals surface area contributed by atoms with E-state index >= 15 is 0 Å². The topological polar surface area (TPSA) is 48.9 Å². The highest BCUT2D eigenvalue weighted by atomic mass is 127. The molecular weight excluding hydrogens is 439 g/mol. The van der Waals surface area contributed by atoms with Crippen molar-refractivity contribution in [1.82, 2.24) is 15.5 Å². The van der Waals surface area contributed by atoms with Gasteiger partial charge in [0.25, 0.3) is 0 Å². The number of nitrogens with one attached hydrogen (secondary N) is 2. The van der Waals surface area contributed by atoms with Gasteiger partial charge in [0.2, 0.25) is 0 Å². The first kappa shape index (κ1) is 23.0. The average Bonchev–Trinajstić information content (AvgIpc) is 2.62. The van der Waals surface area contributed by atoms with Crippen LogP contribution in [0.15, 0.2) is 29.3 Å². The van der Waals surface area contributed by atoms with Gasteiger partial charge in [0.05, 0.1) is 7.11 Å². The van der Waals surface area contributed by atoms with Gasteiger partial charge in [-0.25, -0.2) is 0 Å². The number of piperidine rings is 1. The van der Waals surface area contributed by atoms with Crippen molar-refractivity contribution in [3.05, 3.63) is 29.8 Å². The number of halogens is 1. The van der Waals surface area contributed by atoms with Crippen LogP contribution < -0.4 is 15.4 Å². The number of guanidine groups is 1. The van der Waals surface area contributed by atoms with E-state index in [0.717, 1.165) is 29.7 Å². The molecule has 2 N–H and O–H groups in total. The number of nitrogens with zero attached hydrogens (tertiary/aromatic N) is 2. The second-order valence-corrected chi connectivity index (χ2v) is 7.60. The van der Waals surface area contributed by atoms with E-state index in [4.69, 9.17) is 4.74 Å². The quantitative estimate of drug-likeness (QED) is 0.377. The number of aliphatic imine (C=N–C) groups is 1. The van der Waals surface area contributed by atoms with Gasteiger partial charge in [0.15, 0.2) is 5.96 Å². The van der Waals surface area contributed by atoms with Crippen molar-refractivity contribution in [2.45, 2.75) is 45.7 Å². The standard InChI is InChI=1S/C20H34N4O.HI/c1-16-9-8-12-24(14-16)20(2,3)15-23-19(21-4)22-13-17-10-6-7-11-18(17)25-5;/h6-7,10-11,16H,8-9,12-15H2,1-5H3,(H2,21,22,23);1H. The van der Waals surface area contributed by atoms with Crippen molar-refractivity contribution in [2.24, 2.45) is 10.9 Å². The highest BCUT2D eigenvalue weighted by Gasteiger charge is 2.30. The van der Waals surface area contributed by atoms with Crippen LogP contribution >= 0.6 is 24.0 Å². The van der Waals surface area contributed by atoms with Crippen molar-refractivity contribution in [2.75, 3.05) is 33.8 Å². The minimum Gasteiger partial charge on any atom is -0.496 e. The molecule has 6 heteroatoms. The Morgan fingerprint density at radius 2 is 2.04 bits per heavy atom. The van der Waals surface area contributed by atoms with E-state index in [1.165, 1.54) is 25.9 Å². The molecule has 1 unspecified atom stereocenters. The number of para-hydroxylation sites is 1. The van der Waals surface area contributed by atoms with Crippen molar-refractivity contribution in [1.29, 1.82) is 0 Å². The predicted octanol–water partition coefficient (Wildman–Crippen LogP) is 3.49. The molecule has 1 aliphatic rings. The van der Waals surface area contributed by atoms with Crippen LogP contribution in [-0.4, -0.2) is 50.2 Å². The summed E-state index contributed by atoms with van der Waals surface area (Å²) in [7, 11) is 3.52. The normalized spacial score (nSPS) is 18.8. The van der Waals surface area contributed by atoms with Crippen LogP contribution in [0.1, 0.15) is 39.2 Å². The number of hydrogen-bond donors (Lipinski definition) is 2. The summed E-state index contributed by atoms with van der Waals surface area (Å²) in [5.74, 6) is 2.51. The maximum atomic E-state index is 5.41. The zero-order valence-electron chi connectivity index (χ0n) is 16.8. The van der Waals surface area contributed by atoms with Gasteiger partial charge in [-0.1, -0.05) is 25.1 Å². The van der Waals surface area contributed by atoms with Crippen LogP contribution in [0.2, 0.25) is 0 Å². The lowest BCUT2D eigenvalue weighted by Crippen LogP contribution is -2.55. The molecule has 0 saturated carbocycles. The van der Waals surface area contributed by atoms with Gasteiger partial charge in [0.1, 0.15) is 5.75 Å². The van der Waals surface area contributed by atoms with Gasteiger partial charge >= 0.3 is 0 Å². The fourth-order valence-corrected chi connectivity index (χ4v) is 3.40. The molecule has 1 aromatic rings. The number of benzene rings is 1. The highest BCUT2D eigenvalue weighted by Crippen LogP contribution is 2.23. The van der Waals surface area contributed by atoms with E-state index in [9.17, 15) is 0 Å². The minimum atomic E-state index is 0. The average molecular weight is 474 g/mol. The molecule has 0 spiro atoms. The summed E-state index contributed by atoms with van der Waals surface area (Å²) in [6, 6.07) is 8.06. The number of methoxy groups -OCH3 is 1. The summed E-state index contributed by atoms with van der Waals surface area (Å²) in [6.45, 7) is 10.9. The largest absolute Gasteiger partial charge is 0.496 e. The van der Waals surface area contributed by atoms with E-state index in [0.29, 0.717) is 6.54 Å². The molecule has 1 aliphatic heterocycles. The minimum absolute atomic E-state index is 0. The Labute approximate surface area is 176 Å². The summed E-state index contributed by atoms with van der Waals surface area (Å²) < 4.78 is 5.41. The first-order chi connectivity index (χ1) is 12.0. The van der Waals surface area contributed by atoms with E-state index in [1.807, 2.05) is 25.2 Å². The maximum absolute atomic E-state index is 5.41. The van der Waals surface area contributed by atoms with Crippen molar-refractivity contribution >= 4 is 29.9 Å². The van der Waals surface area contributed by atoms with Crippen LogP contribution in [0.4, 0.5) is 0 Å². The zero-order chi connectivity index (χ0) is 18.3. The molecule has 26 heavy (non-hydrogen) atoms. The Hall–Kier alpha value is -1.02. The summed E-state index contributed by atoms with van der Waals surface area (Å²) in [4.78, 5) is 6.96. The van der Waals surface area contributed by atoms with E-state index < -0.39 is 0 Å². The van der Waals surface area contributed by atoms with Crippen molar-refractivity contribution < 1.29 is 4.74 Å². The van der Waals surface area contributed by atoms with Gasteiger partial charge < -0.3 is 15.4 Å². The molecule has 0 aromatic heterocycles. The van der Waals surface area contributed by atoms with Gasteiger partial charge in [0, 0.05) is 37.8 Å². The van der Waals surface area contributed by atoms with E-state index in [1.54, 1.807) is 7.11 Å². The molecule has 0 aliphatic carbocycles. The molecule has 1 fully saturated rings. The molecular formula is C20H35IN4O. The van der Waals surface area contributed by atoms with Gasteiger partial charge in [-0.05, 0) is 45.2 Å². The van der Waals surface area contributed by atoms with Crippen LogP contribution in [-0.2, 0) is 6.54 Å². The lowest BCUT2D eigenvalue weighted by Gasteiger charge is -2.43. The van der Waals surface area contributed by atoms with Crippen LogP contribution in [0.3, 0.4) is 0 Å². The third-order valence-electron chi connectivity index (χ3n) is 5.06. The molecule has 2 rings (SSSR count). The molecule has 0 radical (unpaired) electrons. The first-order valence-electron chi connectivity index (χ1n) is 9.27. The van der Waals surface area contributed by atoms with Gasteiger partial charge in [-0.15, -0.1) is 24.0 Å². The lowest BCUT2D eigenvalue weighted by molar-refractivity contribution is 0.0739. The lowest BCUT2D eigenvalue weighted by atomic mass is 9.93. The Bertz CT molecular complexity index is 577. The van der Waals surface area contributed by atoms with Crippen molar-refractivity contribution in [3.8, 4) is 5.75 Å². The molecule has 148 valence electrons. The fraction of sp³-hybridized carbons (Fsp3) is 0.650. The van der Waals surface area contributed by atoms with E-state index in [2.05, 4.69) is 47.4 Å². The summed E-state index contributed by atoms with van der Waals surface area (Å²) in [5, 5.41) is 6.87. The van der Waals surface area contributed by atoms with E-state index in [-0.39, 0.29) is 29.5 Å². The number of hydrogen-bond acceptors (Lipinski definition) is 3. The second-order valence-electron chi connectivity index (χ2n) is 7.60. The zero-order valence-corrected chi connectivity index (χ0v) is 19.2. The highest BCUT2D eigenvalue weighted by molar-refractivity contribution is 14.0. The Balaban J connectivity index is 0.00000338. The molecule has 1 aromatic carbocycles. The number of ether oxygens (including phenoxy) is 1. The molecule has 1 atom stereocenters. The summed E-state index contributed by atoms with van der Waals surface area (Å²) in [6.07, 6.45) is 2.65. The third-order valence-corrected chi connectivity index (χ3v) is 5.06. The predicted molar refractivity (Wildman–Crippen MR) is 121 cm³/mol. The summed E-state index contributed by atoms with van der Waals surface area (Å²) >= 11 is 0. The van der Waals surface area contributed by atoms with Crippen LogP contribution in [0.25, 0.3) is 0 Å². The maximum Gasteiger partial charge on any atom is 0.191 e. The third kappa shape index (κ3) is 6.61. The Kier molecular flexibility index (Phi) is 9.71. The second kappa shape index (κ2) is 11.0. The smallest absolute Gasteiger partial charge is 0.191 e. The summed E-state index contributed by atoms with van der Waals surface area (Å²) in [5.41, 5.74) is 1.23. The van der Waals surface area contributed by atoms with Crippen molar-refractivity contribution in [3.63, 3.8) is 0 Å². The molecule has 1 saturated heterocycles. The van der Waals surface area contributed by atoms with Gasteiger partial charge in [-0.2, -0.15) is 0 Å². The Morgan fingerprint density at radius 1 is 1.31 bits per heavy atom. The Morgan fingerprint density at radius 3 is 2.69 bits per heavy atom. The van der Waals surface area contributed by atoms with Gasteiger partial charge in [-0.3, -0.25) is 9.89 Å². The SMILES string of the molecule is CN=C(NCc1ccccc1OC)NCC(C)(C)N1CCCC(C)C1.I. The fourth-order valence-electron chi connectivity index (χ4n) is 3.40. The number of likely N-dealkylation sites (tertiary alicyclic amines) is 1. The first-order valence-corrected chi connectivity index (χ1v) is 9.27. The molecule has 5 nitrogen and oxygen atoms in total. The van der Waals surface area contributed by atoms with Crippen LogP contribution in [0, 0.1) is 5.92 Å².